The van der Waals surface area contributed by atoms with E-state index in [4.69, 9.17) is 0 Å². The molecule has 0 spiro atoms. The van der Waals surface area contributed by atoms with Gasteiger partial charge in [-0.3, -0.25) is 19.1 Å². The molecule has 0 bridgehead atoms. The Labute approximate surface area is 169 Å². The van der Waals surface area contributed by atoms with Gasteiger partial charge in [-0.1, -0.05) is 30.3 Å². The van der Waals surface area contributed by atoms with Crippen molar-refractivity contribution in [2.75, 3.05) is 4.90 Å². The van der Waals surface area contributed by atoms with E-state index < -0.39 is 22.5 Å². The number of halogens is 1. The minimum atomic E-state index is -0.574. The van der Waals surface area contributed by atoms with Crippen molar-refractivity contribution in [1.82, 2.24) is 9.36 Å². The molecule has 0 radical (unpaired) electrons. The Hall–Kier alpha value is -3.39. The maximum Gasteiger partial charge on any atom is 0.298 e. The summed E-state index contributed by atoms with van der Waals surface area (Å²) in [5, 5.41) is -0.547. The molecule has 29 heavy (non-hydrogen) atoms. The number of nitrogens with zero attached hydrogens (tertiary/aromatic N) is 3. The lowest BCUT2D eigenvalue weighted by molar-refractivity contribution is -0.113. The summed E-state index contributed by atoms with van der Waals surface area (Å²) in [6, 6.07) is 14.6. The van der Waals surface area contributed by atoms with Gasteiger partial charge in [-0.05, 0) is 54.6 Å². The van der Waals surface area contributed by atoms with Gasteiger partial charge in [-0.15, -0.1) is 0 Å². The van der Waals surface area contributed by atoms with Crippen LogP contribution in [-0.2, 0) is 11.8 Å². The minimum Gasteiger partial charge on any atom is -0.283 e. The molecule has 146 valence electrons. The van der Waals surface area contributed by atoms with Crippen molar-refractivity contribution in [3.63, 3.8) is 0 Å². The number of hydrogen-bond donors (Lipinski definition) is 0. The fourth-order valence-corrected chi connectivity index (χ4v) is 4.01. The summed E-state index contributed by atoms with van der Waals surface area (Å²) >= 11 is 0.751. The summed E-state index contributed by atoms with van der Waals surface area (Å²) in [5.41, 5.74) is 1.28. The summed E-state index contributed by atoms with van der Waals surface area (Å²) in [7, 11) is 1.70. The van der Waals surface area contributed by atoms with Crippen LogP contribution in [0.3, 0.4) is 0 Å². The van der Waals surface area contributed by atoms with Crippen LogP contribution in [0.2, 0.25) is 0 Å². The zero-order valence-corrected chi connectivity index (χ0v) is 16.4. The topological polar surface area (TPSA) is 64.3 Å². The van der Waals surface area contributed by atoms with Crippen LogP contribution >= 0.6 is 11.8 Å². The highest BCUT2D eigenvalue weighted by Gasteiger charge is 2.40. The Morgan fingerprint density at radius 3 is 2.28 bits per heavy atom. The van der Waals surface area contributed by atoms with Crippen molar-refractivity contribution in [2.24, 2.45) is 7.05 Å². The number of thioether (sulfide) groups is 1. The highest BCUT2D eigenvalue weighted by Crippen LogP contribution is 2.36. The number of carbonyl (C=O) groups is 2. The van der Waals surface area contributed by atoms with Crippen molar-refractivity contribution in [1.29, 1.82) is 0 Å². The van der Waals surface area contributed by atoms with Gasteiger partial charge in [0.15, 0.2) is 0 Å². The zero-order valence-electron chi connectivity index (χ0n) is 15.6. The Bertz CT molecular complexity index is 1210. The van der Waals surface area contributed by atoms with Gasteiger partial charge < -0.3 is 0 Å². The fraction of sp³-hybridized carbons (Fsp3) is 0.0952. The number of para-hydroxylation sites is 1. The van der Waals surface area contributed by atoms with Gasteiger partial charge in [0.2, 0.25) is 0 Å². The van der Waals surface area contributed by atoms with E-state index in [0.717, 1.165) is 16.7 Å². The van der Waals surface area contributed by atoms with E-state index in [0.29, 0.717) is 16.9 Å². The summed E-state index contributed by atoms with van der Waals surface area (Å²) in [5.74, 6) is -0.966. The second kappa shape index (κ2) is 7.21. The third-order valence-corrected chi connectivity index (χ3v) is 5.58. The molecule has 1 aromatic heterocycles. The number of benzene rings is 2. The van der Waals surface area contributed by atoms with E-state index in [1.807, 2.05) is 6.07 Å². The Balaban J connectivity index is 1.78. The highest BCUT2D eigenvalue weighted by atomic mass is 32.2. The van der Waals surface area contributed by atoms with Crippen LogP contribution in [0.4, 0.5) is 14.9 Å². The number of aromatic nitrogens is 2. The number of amides is 2. The first-order valence-corrected chi connectivity index (χ1v) is 9.57. The average Bonchev–Trinajstić information content (AvgIpc) is 3.10. The second-order valence-electron chi connectivity index (χ2n) is 6.48. The first-order chi connectivity index (χ1) is 13.9. The molecule has 3 aromatic rings. The highest BCUT2D eigenvalue weighted by molar-refractivity contribution is 8.19. The zero-order chi connectivity index (χ0) is 20.7. The first kappa shape index (κ1) is 18.9. The van der Waals surface area contributed by atoms with E-state index in [1.54, 1.807) is 42.9 Å². The van der Waals surface area contributed by atoms with Gasteiger partial charge in [-0.25, -0.2) is 14.0 Å². The summed E-state index contributed by atoms with van der Waals surface area (Å²) in [6.07, 6.45) is 1.51. The Morgan fingerprint density at radius 1 is 0.966 bits per heavy atom. The maximum absolute atomic E-state index is 13.1. The molecule has 2 heterocycles. The summed E-state index contributed by atoms with van der Waals surface area (Å²) in [6.45, 7) is 1.68. The lowest BCUT2D eigenvalue weighted by Gasteiger charge is -2.10. The number of hydrogen-bond acceptors (Lipinski definition) is 4. The van der Waals surface area contributed by atoms with Gasteiger partial charge in [0.1, 0.15) is 11.5 Å². The molecule has 4 rings (SSSR count). The van der Waals surface area contributed by atoms with E-state index >= 15 is 0 Å². The number of carbonyl (C=O) groups excluding carboxylic acids is 2. The van der Waals surface area contributed by atoms with E-state index in [2.05, 4.69) is 0 Å². The predicted octanol–water partition coefficient (Wildman–Crippen LogP) is 3.86. The van der Waals surface area contributed by atoms with Crippen molar-refractivity contribution < 1.29 is 14.0 Å². The van der Waals surface area contributed by atoms with Crippen LogP contribution < -0.4 is 10.5 Å². The summed E-state index contributed by atoms with van der Waals surface area (Å²) in [4.78, 5) is 39.8. The smallest absolute Gasteiger partial charge is 0.283 e. The van der Waals surface area contributed by atoms with Gasteiger partial charge in [0.25, 0.3) is 16.7 Å². The molecule has 2 aromatic carbocycles. The maximum atomic E-state index is 13.1. The van der Waals surface area contributed by atoms with Gasteiger partial charge in [-0.2, -0.15) is 0 Å². The molecule has 0 saturated carbocycles. The third kappa shape index (κ3) is 3.21. The standard InChI is InChI=1S/C21H16FN3O3S/c1-13-18(20(27)25(23(13)2)16-6-4-3-5-7-16)24-19(26)17(29-21(24)28)12-14-8-10-15(22)11-9-14/h3-12H,1-2H3. The second-order valence-corrected chi connectivity index (χ2v) is 7.47. The Morgan fingerprint density at radius 2 is 1.62 bits per heavy atom. The molecule has 0 aliphatic carbocycles. The quantitative estimate of drug-likeness (QED) is 0.616. The van der Waals surface area contributed by atoms with Gasteiger partial charge in [0.05, 0.1) is 16.3 Å². The number of anilines is 1. The van der Waals surface area contributed by atoms with Crippen molar-refractivity contribution in [3.8, 4) is 5.69 Å². The molecule has 0 unspecified atom stereocenters. The van der Waals surface area contributed by atoms with Crippen LogP contribution in [0.1, 0.15) is 11.3 Å². The minimum absolute atomic E-state index is 0.0290. The van der Waals surface area contributed by atoms with Crippen molar-refractivity contribution in [2.45, 2.75) is 6.92 Å². The van der Waals surface area contributed by atoms with Gasteiger partial charge >= 0.3 is 0 Å². The van der Waals surface area contributed by atoms with E-state index in [-0.39, 0.29) is 10.6 Å². The van der Waals surface area contributed by atoms with Crippen LogP contribution in [0, 0.1) is 12.7 Å². The largest absolute Gasteiger partial charge is 0.298 e. The molecule has 1 aliphatic rings. The van der Waals surface area contributed by atoms with Crippen molar-refractivity contribution >= 4 is 34.7 Å². The molecule has 1 fully saturated rings. The molecule has 1 saturated heterocycles. The molecular formula is C21H16FN3O3S. The molecule has 1 aliphatic heterocycles. The number of rotatable bonds is 3. The van der Waals surface area contributed by atoms with E-state index in [9.17, 15) is 18.8 Å². The Kier molecular flexibility index (Phi) is 4.71. The third-order valence-electron chi connectivity index (χ3n) is 4.71. The molecule has 2 amide bonds. The van der Waals surface area contributed by atoms with Crippen molar-refractivity contribution in [3.05, 3.63) is 86.9 Å². The molecule has 0 N–H and O–H groups in total. The first-order valence-electron chi connectivity index (χ1n) is 8.76. The lowest BCUT2D eigenvalue weighted by Crippen LogP contribution is -2.33. The number of imide groups is 1. The molecular weight excluding hydrogens is 393 g/mol. The van der Waals surface area contributed by atoms with Crippen LogP contribution in [-0.4, -0.2) is 20.5 Å². The van der Waals surface area contributed by atoms with Crippen LogP contribution in [0.5, 0.6) is 0 Å². The molecule has 8 heteroatoms. The van der Waals surface area contributed by atoms with E-state index in [1.165, 1.54) is 35.0 Å². The van der Waals surface area contributed by atoms with Gasteiger partial charge in [0, 0.05) is 7.05 Å². The summed E-state index contributed by atoms with van der Waals surface area (Å²) < 4.78 is 16.1. The van der Waals surface area contributed by atoms with Crippen LogP contribution in [0.15, 0.2) is 64.3 Å². The SMILES string of the molecule is Cc1c(N2C(=O)SC(=Cc3ccc(F)cc3)C2=O)c(=O)n(-c2ccccc2)n1C. The monoisotopic (exact) mass is 409 g/mol. The van der Waals surface area contributed by atoms with Crippen LogP contribution in [0.25, 0.3) is 11.8 Å². The molecule has 6 nitrogen and oxygen atoms in total. The average molecular weight is 409 g/mol. The lowest BCUT2D eigenvalue weighted by atomic mass is 10.2. The predicted molar refractivity (Wildman–Crippen MR) is 111 cm³/mol. The molecule has 0 atom stereocenters. The fourth-order valence-electron chi connectivity index (χ4n) is 3.18. The normalized spacial score (nSPS) is 15.6.